The fourth-order valence-electron chi connectivity index (χ4n) is 4.40. The Labute approximate surface area is 210 Å². The molecule has 0 spiro atoms. The van der Waals surface area contributed by atoms with Gasteiger partial charge in [0.1, 0.15) is 11.4 Å². The minimum Gasteiger partial charge on any atom is -0.492 e. The van der Waals surface area contributed by atoms with Crippen LogP contribution in [-0.2, 0) is 17.8 Å². The molecule has 8 heteroatoms. The highest BCUT2D eigenvalue weighted by Crippen LogP contribution is 2.41. The lowest BCUT2D eigenvalue weighted by Crippen LogP contribution is -2.41. The second kappa shape index (κ2) is 9.53. The number of rotatable bonds is 4. The van der Waals surface area contributed by atoms with Crippen molar-refractivity contribution in [1.82, 2.24) is 14.5 Å². The molecular weight excluding hydrogens is 469 g/mol. The van der Waals surface area contributed by atoms with Crippen LogP contribution in [0.4, 0.5) is 9.18 Å². The Morgan fingerprint density at radius 3 is 2.51 bits per heavy atom. The Hall–Kier alpha value is -3.06. The second-order valence-corrected chi connectivity index (χ2v) is 10.4. The summed E-state index contributed by atoms with van der Waals surface area (Å²) in [4.78, 5) is 19.4. The number of aromatic nitrogens is 2. The van der Waals surface area contributed by atoms with Gasteiger partial charge in [-0.3, -0.25) is 4.90 Å². The van der Waals surface area contributed by atoms with Crippen molar-refractivity contribution >= 4 is 17.7 Å². The lowest BCUT2D eigenvalue weighted by molar-refractivity contribution is 0.0196. The Balaban J connectivity index is 1.88. The summed E-state index contributed by atoms with van der Waals surface area (Å²) in [6.45, 7) is 11.0. The first-order valence-electron chi connectivity index (χ1n) is 11.7. The van der Waals surface area contributed by atoms with Gasteiger partial charge in [0.2, 0.25) is 0 Å². The van der Waals surface area contributed by atoms with Crippen molar-refractivity contribution in [2.24, 2.45) is 0 Å². The first kappa shape index (κ1) is 25.0. The maximum absolute atomic E-state index is 14.9. The number of amides is 1. The van der Waals surface area contributed by atoms with Gasteiger partial charge in [0.05, 0.1) is 30.1 Å². The lowest BCUT2D eigenvalue weighted by Gasteiger charge is -2.31. The van der Waals surface area contributed by atoms with Gasteiger partial charge in [0, 0.05) is 24.2 Å². The van der Waals surface area contributed by atoms with E-state index in [0.29, 0.717) is 24.5 Å². The van der Waals surface area contributed by atoms with E-state index in [-0.39, 0.29) is 29.3 Å². The Kier molecular flexibility index (Phi) is 6.82. The zero-order valence-electron chi connectivity index (χ0n) is 21.0. The van der Waals surface area contributed by atoms with Crippen LogP contribution in [0.2, 0.25) is 5.02 Å². The average Bonchev–Trinajstić information content (AvgIpc) is 3.16. The zero-order valence-corrected chi connectivity index (χ0v) is 21.7. The van der Waals surface area contributed by atoms with Gasteiger partial charge in [-0.1, -0.05) is 49.7 Å². The number of carbonyl (C=O) groups is 1. The van der Waals surface area contributed by atoms with Gasteiger partial charge in [0.25, 0.3) is 0 Å². The molecule has 0 bridgehead atoms. The van der Waals surface area contributed by atoms with Crippen LogP contribution in [0.5, 0.6) is 5.75 Å². The highest BCUT2D eigenvalue weighted by atomic mass is 35.5. The van der Waals surface area contributed by atoms with Crippen molar-refractivity contribution in [3.05, 3.63) is 58.6 Å². The lowest BCUT2D eigenvalue weighted by atomic mass is 9.93. The SMILES string of the molecule is COc1c(F)cc(-c2c(-c3ccccc3C(C)C)nc3n2CCN(C(=O)OC(C)(C)C)C3)cc1Cl. The van der Waals surface area contributed by atoms with E-state index in [2.05, 4.69) is 19.9 Å². The number of nitrogens with zero attached hydrogens (tertiary/aromatic N) is 3. The summed E-state index contributed by atoms with van der Waals surface area (Å²) in [5, 5.41) is 0.187. The molecule has 4 rings (SSSR count). The third-order valence-corrected chi connectivity index (χ3v) is 6.22. The summed E-state index contributed by atoms with van der Waals surface area (Å²) < 4.78 is 27.6. The molecule has 1 amide bonds. The number of methoxy groups -OCH3 is 1. The van der Waals surface area contributed by atoms with Gasteiger partial charge < -0.3 is 14.0 Å². The molecule has 0 fully saturated rings. The first-order valence-corrected chi connectivity index (χ1v) is 12.1. The molecular formula is C27H31ClFN3O3. The minimum atomic E-state index is -0.589. The van der Waals surface area contributed by atoms with Gasteiger partial charge in [-0.05, 0) is 44.4 Å². The smallest absolute Gasteiger partial charge is 0.410 e. The Morgan fingerprint density at radius 2 is 1.89 bits per heavy atom. The predicted octanol–water partition coefficient (Wildman–Crippen LogP) is 6.89. The van der Waals surface area contributed by atoms with Gasteiger partial charge in [-0.15, -0.1) is 0 Å². The molecule has 1 aliphatic heterocycles. The van der Waals surface area contributed by atoms with Gasteiger partial charge in [-0.2, -0.15) is 0 Å². The number of hydrogen-bond donors (Lipinski definition) is 0. The molecule has 2 heterocycles. The predicted molar refractivity (Wildman–Crippen MR) is 135 cm³/mol. The summed E-state index contributed by atoms with van der Waals surface area (Å²) >= 11 is 6.38. The maximum Gasteiger partial charge on any atom is 0.410 e. The molecule has 0 N–H and O–H groups in total. The quantitative estimate of drug-likeness (QED) is 0.392. The molecule has 6 nitrogen and oxygen atoms in total. The highest BCUT2D eigenvalue weighted by molar-refractivity contribution is 6.32. The van der Waals surface area contributed by atoms with E-state index in [1.165, 1.54) is 13.2 Å². The van der Waals surface area contributed by atoms with Gasteiger partial charge in [0.15, 0.2) is 11.6 Å². The normalized spacial score (nSPS) is 13.7. The summed E-state index contributed by atoms with van der Waals surface area (Å²) in [5.74, 6) is 0.430. The molecule has 0 unspecified atom stereocenters. The van der Waals surface area contributed by atoms with Crippen molar-refractivity contribution in [2.75, 3.05) is 13.7 Å². The van der Waals surface area contributed by atoms with E-state index in [4.69, 9.17) is 26.1 Å². The van der Waals surface area contributed by atoms with Crippen LogP contribution in [0.3, 0.4) is 0 Å². The number of fused-ring (bicyclic) bond motifs is 1. The van der Waals surface area contributed by atoms with Crippen LogP contribution in [-0.4, -0.2) is 39.8 Å². The van der Waals surface area contributed by atoms with Gasteiger partial charge >= 0.3 is 6.09 Å². The van der Waals surface area contributed by atoms with Gasteiger partial charge in [-0.25, -0.2) is 14.2 Å². The molecule has 0 atom stereocenters. The molecule has 2 aromatic carbocycles. The van der Waals surface area contributed by atoms with Crippen LogP contribution in [0, 0.1) is 5.82 Å². The molecule has 3 aromatic rings. The van der Waals surface area contributed by atoms with E-state index >= 15 is 0 Å². The fraction of sp³-hybridized carbons (Fsp3) is 0.407. The van der Waals surface area contributed by atoms with E-state index in [0.717, 1.165) is 22.5 Å². The first-order chi connectivity index (χ1) is 16.5. The number of hydrogen-bond acceptors (Lipinski definition) is 4. The largest absolute Gasteiger partial charge is 0.492 e. The van der Waals surface area contributed by atoms with Crippen LogP contribution < -0.4 is 4.74 Å². The van der Waals surface area contributed by atoms with Crippen molar-refractivity contribution in [3.8, 4) is 28.3 Å². The summed E-state index contributed by atoms with van der Waals surface area (Å²) in [5.41, 5.74) is 3.61. The number of ether oxygens (including phenoxy) is 2. The molecule has 0 saturated heterocycles. The average molecular weight is 500 g/mol. The Morgan fingerprint density at radius 1 is 1.17 bits per heavy atom. The third kappa shape index (κ3) is 5.01. The minimum absolute atomic E-state index is 0.00836. The number of carbonyl (C=O) groups excluding carboxylic acids is 1. The van der Waals surface area contributed by atoms with Crippen molar-refractivity contribution in [3.63, 3.8) is 0 Å². The topological polar surface area (TPSA) is 56.6 Å². The molecule has 1 aliphatic rings. The number of benzene rings is 2. The summed E-state index contributed by atoms with van der Waals surface area (Å²) in [6.07, 6.45) is -0.379. The van der Waals surface area contributed by atoms with Crippen molar-refractivity contribution in [1.29, 1.82) is 0 Å². The molecule has 0 aliphatic carbocycles. The molecule has 0 saturated carbocycles. The van der Waals surface area contributed by atoms with E-state index in [1.54, 1.807) is 11.0 Å². The molecule has 0 radical (unpaired) electrons. The Bertz CT molecular complexity index is 1240. The molecule has 186 valence electrons. The number of halogens is 2. The second-order valence-electron chi connectivity index (χ2n) is 9.99. The van der Waals surface area contributed by atoms with Crippen LogP contribution in [0.15, 0.2) is 36.4 Å². The van der Waals surface area contributed by atoms with E-state index in [1.807, 2.05) is 43.5 Å². The zero-order chi connectivity index (χ0) is 25.5. The van der Waals surface area contributed by atoms with Crippen LogP contribution >= 0.6 is 11.6 Å². The summed E-state index contributed by atoms with van der Waals surface area (Å²) in [7, 11) is 1.39. The monoisotopic (exact) mass is 499 g/mol. The van der Waals surface area contributed by atoms with Crippen LogP contribution in [0.1, 0.15) is 51.9 Å². The maximum atomic E-state index is 14.9. The fourth-order valence-corrected chi connectivity index (χ4v) is 4.69. The summed E-state index contributed by atoms with van der Waals surface area (Å²) in [6, 6.07) is 11.2. The molecule has 1 aromatic heterocycles. The van der Waals surface area contributed by atoms with E-state index < -0.39 is 11.4 Å². The molecule has 35 heavy (non-hydrogen) atoms. The third-order valence-electron chi connectivity index (χ3n) is 5.94. The standard InChI is InChI=1S/C27H31ClFN3O3/c1-16(2)18-9-7-8-10-19(18)23-24(17-13-20(28)25(34-6)21(29)14-17)32-12-11-31(15-22(32)30-23)26(33)35-27(3,4)5/h7-10,13-14,16H,11-12,15H2,1-6H3. The van der Waals surface area contributed by atoms with Crippen molar-refractivity contribution in [2.45, 2.75) is 59.2 Å². The highest BCUT2D eigenvalue weighted by Gasteiger charge is 2.31. The number of imidazole rings is 1. The van der Waals surface area contributed by atoms with Crippen molar-refractivity contribution < 1.29 is 18.7 Å². The van der Waals surface area contributed by atoms with Crippen LogP contribution in [0.25, 0.3) is 22.5 Å². The van der Waals surface area contributed by atoms with E-state index in [9.17, 15) is 9.18 Å².